The first-order valence-corrected chi connectivity index (χ1v) is 10.7. The fourth-order valence-electron chi connectivity index (χ4n) is 4.25. The predicted molar refractivity (Wildman–Crippen MR) is 122 cm³/mol. The van der Waals surface area contributed by atoms with E-state index in [2.05, 4.69) is 4.90 Å². The van der Waals surface area contributed by atoms with E-state index < -0.39 is 0 Å². The largest absolute Gasteiger partial charge is 0.496 e. The topological polar surface area (TPSA) is 64.0 Å². The van der Waals surface area contributed by atoms with Crippen molar-refractivity contribution >= 4 is 5.91 Å². The van der Waals surface area contributed by atoms with Crippen molar-refractivity contribution < 1.29 is 14.3 Å². The maximum absolute atomic E-state index is 12.9. The summed E-state index contributed by atoms with van der Waals surface area (Å²) in [6.07, 6.45) is 3.85. The maximum Gasteiger partial charge on any atom is 0.255 e. The minimum Gasteiger partial charge on any atom is -0.496 e. The van der Waals surface area contributed by atoms with Crippen molar-refractivity contribution in [3.05, 3.63) is 45.4 Å². The highest BCUT2D eigenvalue weighted by molar-refractivity contribution is 5.77. The van der Waals surface area contributed by atoms with Crippen LogP contribution in [0, 0.1) is 0 Å². The van der Waals surface area contributed by atoms with Gasteiger partial charge in [-0.3, -0.25) is 9.59 Å². The second-order valence-corrected chi connectivity index (χ2v) is 8.33. The van der Waals surface area contributed by atoms with Crippen LogP contribution in [0.1, 0.15) is 36.5 Å². The summed E-state index contributed by atoms with van der Waals surface area (Å²) < 4.78 is 13.0. The highest BCUT2D eigenvalue weighted by Crippen LogP contribution is 2.38. The lowest BCUT2D eigenvalue weighted by atomic mass is 9.91. The number of amides is 1. The van der Waals surface area contributed by atoms with Gasteiger partial charge in [0.25, 0.3) is 5.56 Å². The van der Waals surface area contributed by atoms with E-state index >= 15 is 0 Å². The highest BCUT2D eigenvalue weighted by Gasteiger charge is 2.26. The van der Waals surface area contributed by atoms with Crippen LogP contribution in [0.25, 0.3) is 11.1 Å². The lowest BCUT2D eigenvalue weighted by molar-refractivity contribution is -0.132. The standard InChI is InChI=1S/C24H33N3O4/c1-7-8-23(28)27-10-9-17-18(14-26(4)24(29)19(17)15-27)16-11-21(30-5)20(13-25(2)3)22(12-16)31-6/h11-12,14H,7-10,13,15H2,1-6H3. The summed E-state index contributed by atoms with van der Waals surface area (Å²) in [5.74, 6) is 1.61. The van der Waals surface area contributed by atoms with Gasteiger partial charge in [-0.2, -0.15) is 0 Å². The third kappa shape index (κ3) is 4.61. The summed E-state index contributed by atoms with van der Waals surface area (Å²) in [6, 6.07) is 4.02. The minimum absolute atomic E-state index is 0.0455. The van der Waals surface area contributed by atoms with Crippen LogP contribution in [-0.2, 0) is 31.4 Å². The molecule has 1 aliphatic heterocycles. The Morgan fingerprint density at radius 1 is 1.13 bits per heavy atom. The molecule has 0 aliphatic carbocycles. The van der Waals surface area contributed by atoms with Crippen molar-refractivity contribution in [3.8, 4) is 22.6 Å². The van der Waals surface area contributed by atoms with Gasteiger partial charge in [-0.25, -0.2) is 0 Å². The van der Waals surface area contributed by atoms with E-state index in [1.54, 1.807) is 30.7 Å². The molecule has 0 spiro atoms. The molecule has 1 aromatic carbocycles. The molecule has 1 amide bonds. The average molecular weight is 428 g/mol. The molecule has 0 bridgehead atoms. The molecule has 7 nitrogen and oxygen atoms in total. The Morgan fingerprint density at radius 2 is 1.77 bits per heavy atom. The van der Waals surface area contributed by atoms with E-state index in [0.29, 0.717) is 38.0 Å². The van der Waals surface area contributed by atoms with Gasteiger partial charge >= 0.3 is 0 Å². The van der Waals surface area contributed by atoms with E-state index in [9.17, 15) is 9.59 Å². The molecule has 0 radical (unpaired) electrons. The SMILES string of the molecule is CCCC(=O)N1CCc2c(-c3cc(OC)c(CN(C)C)c(OC)c3)cn(C)c(=O)c2C1. The summed E-state index contributed by atoms with van der Waals surface area (Å²) in [5, 5.41) is 0. The maximum atomic E-state index is 12.9. The van der Waals surface area contributed by atoms with Crippen LogP contribution in [0.4, 0.5) is 0 Å². The number of rotatable bonds is 7. The molecule has 168 valence electrons. The number of carbonyl (C=O) groups excluding carboxylic acids is 1. The number of aromatic nitrogens is 1. The van der Waals surface area contributed by atoms with E-state index in [-0.39, 0.29) is 11.5 Å². The van der Waals surface area contributed by atoms with E-state index in [1.807, 2.05) is 39.3 Å². The van der Waals surface area contributed by atoms with Gasteiger partial charge in [0.2, 0.25) is 5.91 Å². The van der Waals surface area contributed by atoms with Crippen LogP contribution >= 0.6 is 0 Å². The van der Waals surface area contributed by atoms with Crippen molar-refractivity contribution in [2.75, 3.05) is 34.9 Å². The zero-order chi connectivity index (χ0) is 22.7. The normalized spacial score (nSPS) is 13.3. The Balaban J connectivity index is 2.13. The number of aryl methyl sites for hydroxylation is 1. The molecule has 0 N–H and O–H groups in total. The van der Waals surface area contributed by atoms with E-state index in [1.165, 1.54) is 0 Å². The number of methoxy groups -OCH3 is 2. The van der Waals surface area contributed by atoms with E-state index in [0.717, 1.165) is 40.2 Å². The van der Waals surface area contributed by atoms with Crippen molar-refractivity contribution in [2.24, 2.45) is 7.05 Å². The van der Waals surface area contributed by atoms with Gasteiger partial charge in [-0.1, -0.05) is 6.92 Å². The molecule has 0 saturated carbocycles. The molecule has 2 aromatic rings. The van der Waals surface area contributed by atoms with Crippen LogP contribution in [0.2, 0.25) is 0 Å². The van der Waals surface area contributed by atoms with Crippen molar-refractivity contribution in [3.63, 3.8) is 0 Å². The molecule has 3 rings (SSSR count). The zero-order valence-corrected chi connectivity index (χ0v) is 19.4. The van der Waals surface area contributed by atoms with Gasteiger partial charge in [0.1, 0.15) is 11.5 Å². The number of carbonyl (C=O) groups is 1. The lowest BCUT2D eigenvalue weighted by Crippen LogP contribution is -2.40. The van der Waals surface area contributed by atoms with Gasteiger partial charge in [0.05, 0.1) is 26.3 Å². The Labute approximate surface area is 184 Å². The number of nitrogens with zero attached hydrogens (tertiary/aromatic N) is 3. The number of ether oxygens (including phenoxy) is 2. The molecule has 1 aliphatic rings. The lowest BCUT2D eigenvalue weighted by Gasteiger charge is -2.30. The van der Waals surface area contributed by atoms with Gasteiger partial charge in [0, 0.05) is 43.9 Å². The molecule has 0 atom stereocenters. The first kappa shape index (κ1) is 22.9. The molecular formula is C24H33N3O4. The van der Waals surface area contributed by atoms with Crippen LogP contribution in [-0.4, -0.2) is 55.1 Å². The van der Waals surface area contributed by atoms with Crippen molar-refractivity contribution in [1.29, 1.82) is 0 Å². The van der Waals surface area contributed by atoms with Gasteiger partial charge < -0.3 is 23.8 Å². The average Bonchev–Trinajstić information content (AvgIpc) is 2.75. The zero-order valence-electron chi connectivity index (χ0n) is 19.4. The summed E-state index contributed by atoms with van der Waals surface area (Å²) >= 11 is 0. The molecule has 0 unspecified atom stereocenters. The number of pyridine rings is 1. The summed E-state index contributed by atoms with van der Waals surface area (Å²) in [4.78, 5) is 29.2. The van der Waals surface area contributed by atoms with Gasteiger partial charge in [0.15, 0.2) is 0 Å². The number of benzene rings is 1. The predicted octanol–water partition coefficient (Wildman–Crippen LogP) is 2.82. The Hall–Kier alpha value is -2.80. The van der Waals surface area contributed by atoms with Crippen LogP contribution < -0.4 is 15.0 Å². The molecule has 31 heavy (non-hydrogen) atoms. The molecule has 1 aromatic heterocycles. The van der Waals surface area contributed by atoms with Crippen LogP contribution in [0.5, 0.6) is 11.5 Å². The van der Waals surface area contributed by atoms with Gasteiger partial charge in [-0.05, 0) is 50.2 Å². The first-order valence-electron chi connectivity index (χ1n) is 10.7. The summed E-state index contributed by atoms with van der Waals surface area (Å²) in [7, 11) is 9.08. The molecule has 0 fully saturated rings. The summed E-state index contributed by atoms with van der Waals surface area (Å²) in [6.45, 7) is 3.67. The molecule has 0 saturated heterocycles. The monoisotopic (exact) mass is 427 g/mol. The Bertz CT molecular complexity index is 1000. The molecule has 7 heteroatoms. The Kier molecular flexibility index (Phi) is 7.05. The number of fused-ring (bicyclic) bond motifs is 1. The van der Waals surface area contributed by atoms with Crippen LogP contribution in [0.15, 0.2) is 23.1 Å². The minimum atomic E-state index is -0.0455. The first-order chi connectivity index (χ1) is 14.8. The van der Waals surface area contributed by atoms with Crippen LogP contribution in [0.3, 0.4) is 0 Å². The molecule has 2 heterocycles. The summed E-state index contributed by atoms with van der Waals surface area (Å²) in [5.41, 5.74) is 4.56. The van der Waals surface area contributed by atoms with Crippen molar-refractivity contribution in [1.82, 2.24) is 14.4 Å². The smallest absolute Gasteiger partial charge is 0.255 e. The van der Waals surface area contributed by atoms with Crippen molar-refractivity contribution in [2.45, 2.75) is 39.3 Å². The second kappa shape index (κ2) is 9.56. The third-order valence-electron chi connectivity index (χ3n) is 5.78. The quantitative estimate of drug-likeness (QED) is 0.680. The van der Waals surface area contributed by atoms with Gasteiger partial charge in [-0.15, -0.1) is 0 Å². The third-order valence-corrected chi connectivity index (χ3v) is 5.78. The fourth-order valence-corrected chi connectivity index (χ4v) is 4.25. The number of hydrogen-bond donors (Lipinski definition) is 0. The fraction of sp³-hybridized carbons (Fsp3) is 0.500. The Morgan fingerprint density at radius 3 is 2.32 bits per heavy atom. The second-order valence-electron chi connectivity index (χ2n) is 8.33. The molecular weight excluding hydrogens is 394 g/mol. The van der Waals surface area contributed by atoms with E-state index in [4.69, 9.17) is 9.47 Å². The highest BCUT2D eigenvalue weighted by atomic mass is 16.5. The number of hydrogen-bond acceptors (Lipinski definition) is 5.